The molecule has 0 bridgehead atoms. The van der Waals surface area contributed by atoms with Crippen LogP contribution < -0.4 is 16.6 Å². The van der Waals surface area contributed by atoms with E-state index in [0.717, 1.165) is 22.7 Å². The number of fused-ring (bicyclic) bond motifs is 3. The molecular formula is C33H29ClF3N9O5. The maximum Gasteiger partial charge on any atom is 0.416 e. The molecule has 14 nitrogen and oxygen atoms in total. The van der Waals surface area contributed by atoms with Gasteiger partial charge in [-0.05, 0) is 62.2 Å². The monoisotopic (exact) mass is 723 g/mol. The Balaban J connectivity index is 1.27. The molecule has 0 saturated carbocycles. The number of aromatic hydroxyl groups is 1. The summed E-state index contributed by atoms with van der Waals surface area (Å²) in [6.07, 6.45) is -2.81. The predicted molar refractivity (Wildman–Crippen MR) is 177 cm³/mol. The molecule has 2 amide bonds. The van der Waals surface area contributed by atoms with Gasteiger partial charge in [0.25, 0.3) is 11.5 Å². The Hall–Kier alpha value is -5.55. The van der Waals surface area contributed by atoms with E-state index in [1.54, 1.807) is 35.8 Å². The summed E-state index contributed by atoms with van der Waals surface area (Å²) in [5.74, 6) is -1.23. The van der Waals surface area contributed by atoms with Crippen LogP contribution in [0.1, 0.15) is 45.8 Å². The van der Waals surface area contributed by atoms with E-state index in [0.29, 0.717) is 16.9 Å². The molecule has 0 atom stereocenters. The third-order valence-electron chi connectivity index (χ3n) is 9.13. The number of hydrogen-bond donors (Lipinski definition) is 3. The first kappa shape index (κ1) is 33.9. The Labute approximate surface area is 291 Å². The summed E-state index contributed by atoms with van der Waals surface area (Å²) in [6.45, 7) is 1.63. The van der Waals surface area contributed by atoms with Gasteiger partial charge < -0.3 is 30.4 Å². The van der Waals surface area contributed by atoms with E-state index in [4.69, 9.17) is 22.1 Å². The van der Waals surface area contributed by atoms with Crippen LogP contribution in [0.5, 0.6) is 5.75 Å². The van der Waals surface area contributed by atoms with Gasteiger partial charge in [-0.15, -0.1) is 5.10 Å². The van der Waals surface area contributed by atoms with Gasteiger partial charge in [-0.25, -0.2) is 9.97 Å². The molecule has 5 aromatic rings. The number of anilines is 2. The number of carbonyl (C=O) groups excluding carboxylic acids is 2. The Morgan fingerprint density at radius 2 is 1.84 bits per heavy atom. The highest BCUT2D eigenvalue weighted by atomic mass is 35.5. The molecule has 1 spiro atoms. The molecule has 4 N–H and O–H groups in total. The molecule has 0 aliphatic carbocycles. The normalized spacial score (nSPS) is 15.6. The zero-order valence-electron chi connectivity index (χ0n) is 26.9. The van der Waals surface area contributed by atoms with Gasteiger partial charge in [0.05, 0.1) is 34.1 Å². The van der Waals surface area contributed by atoms with Gasteiger partial charge in [0.1, 0.15) is 18.5 Å². The number of aromatic nitrogens is 6. The summed E-state index contributed by atoms with van der Waals surface area (Å²) in [5, 5.41) is 17.2. The molecule has 1 saturated heterocycles. The van der Waals surface area contributed by atoms with Gasteiger partial charge in [-0.3, -0.25) is 14.4 Å². The third-order valence-corrected chi connectivity index (χ3v) is 9.44. The van der Waals surface area contributed by atoms with Crippen LogP contribution in [0.25, 0.3) is 17.2 Å². The van der Waals surface area contributed by atoms with Crippen molar-refractivity contribution in [2.75, 3.05) is 30.7 Å². The fraction of sp³-hybridized carbons (Fsp3) is 0.303. The molecule has 2 aromatic carbocycles. The smallest absolute Gasteiger partial charge is 0.416 e. The van der Waals surface area contributed by atoms with Gasteiger partial charge >= 0.3 is 6.18 Å². The van der Waals surface area contributed by atoms with Crippen LogP contribution in [0.2, 0.25) is 5.02 Å². The van der Waals surface area contributed by atoms with Crippen molar-refractivity contribution < 1.29 is 32.6 Å². The van der Waals surface area contributed by atoms with E-state index in [9.17, 15) is 32.7 Å². The van der Waals surface area contributed by atoms with E-state index in [-0.39, 0.29) is 84.0 Å². The maximum atomic E-state index is 14.4. The van der Waals surface area contributed by atoms with Crippen LogP contribution in [0.3, 0.4) is 0 Å². The summed E-state index contributed by atoms with van der Waals surface area (Å²) in [6, 6.07) is 9.28. The number of alkyl halides is 3. The molecule has 1 fully saturated rings. The fourth-order valence-corrected chi connectivity index (χ4v) is 6.75. The van der Waals surface area contributed by atoms with E-state index < -0.39 is 41.3 Å². The molecule has 2 aliphatic heterocycles. The van der Waals surface area contributed by atoms with Crippen molar-refractivity contribution in [1.29, 1.82) is 0 Å². The first-order chi connectivity index (χ1) is 24.3. The second kappa shape index (κ2) is 12.6. The van der Waals surface area contributed by atoms with Crippen molar-refractivity contribution in [3.63, 3.8) is 0 Å². The number of likely N-dealkylation sites (tertiary alicyclic amines) is 1. The number of benzene rings is 2. The quantitative estimate of drug-likeness (QED) is 0.225. The van der Waals surface area contributed by atoms with E-state index in [1.165, 1.54) is 11.2 Å². The van der Waals surface area contributed by atoms with Crippen molar-refractivity contribution in [2.24, 2.45) is 0 Å². The average Bonchev–Trinajstić information content (AvgIpc) is 3.55. The van der Waals surface area contributed by atoms with Gasteiger partial charge in [-0.2, -0.15) is 22.7 Å². The number of aryl methyl sites for hydroxylation is 1. The van der Waals surface area contributed by atoms with Gasteiger partial charge in [-0.1, -0.05) is 11.6 Å². The number of halogens is 4. The Bertz CT molecular complexity index is 2270. The second-order valence-electron chi connectivity index (χ2n) is 12.3. The second-order valence-corrected chi connectivity index (χ2v) is 12.7. The highest BCUT2D eigenvalue weighted by Gasteiger charge is 2.46. The van der Waals surface area contributed by atoms with Crippen LogP contribution in [-0.4, -0.2) is 70.7 Å². The highest BCUT2D eigenvalue weighted by Crippen LogP contribution is 2.41. The largest absolute Gasteiger partial charge is 0.504 e. The molecule has 7 rings (SSSR count). The number of rotatable bonds is 5. The van der Waals surface area contributed by atoms with E-state index >= 15 is 0 Å². The molecule has 51 heavy (non-hydrogen) atoms. The minimum absolute atomic E-state index is 0.0357. The molecule has 18 heteroatoms. The van der Waals surface area contributed by atoms with Crippen LogP contribution in [0.4, 0.5) is 24.5 Å². The summed E-state index contributed by atoms with van der Waals surface area (Å²) < 4.78 is 48.6. The standard InChI is InChI=1S/C33H29ClF3N9O5/c1-17-27(48)26(40-16-39-17)30(50)44-11-9-32(10-12-44)25-23(8-13-51-32)45(15-24(47)41-22-7-4-19(14-21(22)34)33(35,36)37)31-42-28(43-46(31)29(25)49)18-2-5-20(38)6-3-18/h2-7,14,16,48H,8-13,15,38H2,1H3,(H,41,47). The molecule has 2 aliphatic rings. The summed E-state index contributed by atoms with van der Waals surface area (Å²) in [5.41, 5.74) is 5.07. The number of amides is 2. The molecule has 5 heterocycles. The lowest BCUT2D eigenvalue weighted by atomic mass is 9.81. The van der Waals surface area contributed by atoms with Crippen LogP contribution >= 0.6 is 11.6 Å². The number of nitrogens with zero attached hydrogens (tertiary/aromatic N) is 7. The van der Waals surface area contributed by atoms with Gasteiger partial charge in [0.15, 0.2) is 17.3 Å². The van der Waals surface area contributed by atoms with Crippen molar-refractivity contribution in [1.82, 2.24) is 34.0 Å². The lowest BCUT2D eigenvalue weighted by Gasteiger charge is -2.44. The number of hydrogen-bond acceptors (Lipinski definition) is 10. The van der Waals surface area contributed by atoms with E-state index in [2.05, 4.69) is 25.4 Å². The fourth-order valence-electron chi connectivity index (χ4n) is 6.52. The lowest BCUT2D eigenvalue weighted by Crippen LogP contribution is -2.52. The molecule has 264 valence electrons. The predicted octanol–water partition coefficient (Wildman–Crippen LogP) is 3.96. The zero-order chi connectivity index (χ0) is 36.2. The number of nitrogens with one attached hydrogen (secondary N) is 1. The number of carbonyl (C=O) groups is 2. The Morgan fingerprint density at radius 3 is 2.53 bits per heavy atom. The first-order valence-electron chi connectivity index (χ1n) is 15.7. The molecule has 0 unspecified atom stereocenters. The van der Waals surface area contributed by atoms with E-state index in [1.807, 2.05) is 0 Å². The van der Waals surface area contributed by atoms with Crippen molar-refractivity contribution >= 4 is 40.6 Å². The topological polar surface area (TPSA) is 183 Å². The third kappa shape index (κ3) is 6.11. The molecular weight excluding hydrogens is 695 g/mol. The van der Waals surface area contributed by atoms with Crippen molar-refractivity contribution in [3.05, 3.63) is 92.4 Å². The number of piperidine rings is 1. The minimum atomic E-state index is -4.62. The number of nitrogens with two attached hydrogens (primary N) is 1. The zero-order valence-corrected chi connectivity index (χ0v) is 27.6. The Kier molecular flexibility index (Phi) is 8.41. The first-order valence-corrected chi connectivity index (χ1v) is 16.1. The average molecular weight is 724 g/mol. The summed E-state index contributed by atoms with van der Waals surface area (Å²) >= 11 is 6.12. The lowest BCUT2D eigenvalue weighted by molar-refractivity contribution is -0.137. The van der Waals surface area contributed by atoms with Crippen molar-refractivity contribution in [2.45, 2.75) is 44.5 Å². The van der Waals surface area contributed by atoms with Crippen LogP contribution in [-0.2, 0) is 34.3 Å². The van der Waals surface area contributed by atoms with Gasteiger partial charge in [0, 0.05) is 36.5 Å². The number of nitrogen functional groups attached to an aromatic ring is 1. The highest BCUT2D eigenvalue weighted by molar-refractivity contribution is 6.33. The maximum absolute atomic E-state index is 14.4. The number of ether oxygens (including phenoxy) is 1. The summed E-state index contributed by atoms with van der Waals surface area (Å²) in [4.78, 5) is 55.3. The van der Waals surface area contributed by atoms with Crippen LogP contribution in [0.15, 0.2) is 53.6 Å². The summed E-state index contributed by atoms with van der Waals surface area (Å²) in [7, 11) is 0. The molecule has 3 aromatic heterocycles. The molecule has 0 radical (unpaired) electrons. The van der Waals surface area contributed by atoms with Gasteiger partial charge in [0.2, 0.25) is 11.7 Å². The minimum Gasteiger partial charge on any atom is -0.504 e. The van der Waals surface area contributed by atoms with Crippen LogP contribution in [0, 0.1) is 6.92 Å². The SMILES string of the molecule is Cc1ncnc(C(=O)N2CCC3(CC2)OCCc2c3c(=O)n3nc(-c4ccc(N)cc4)nc3n2CC(=O)Nc2ccc(C(F)(F)F)cc2Cl)c1O. The van der Waals surface area contributed by atoms with Crippen molar-refractivity contribution in [3.8, 4) is 17.1 Å². The Morgan fingerprint density at radius 1 is 1.12 bits per heavy atom.